The van der Waals surface area contributed by atoms with Crippen molar-refractivity contribution in [3.63, 3.8) is 0 Å². The Balaban J connectivity index is 2.18. The van der Waals surface area contributed by atoms with Gasteiger partial charge in [0.1, 0.15) is 11.9 Å². The molecule has 1 unspecified atom stereocenters. The third-order valence-corrected chi connectivity index (χ3v) is 3.62. The predicted octanol–water partition coefficient (Wildman–Crippen LogP) is 2.79. The topological polar surface area (TPSA) is 35.5 Å². The quantitative estimate of drug-likeness (QED) is 0.785. The Bertz CT molecular complexity index is 411. The Hall–Kier alpha value is -1.00. The molecule has 1 fully saturated rings. The molecule has 1 aliphatic heterocycles. The molecule has 1 aromatic carbocycles. The van der Waals surface area contributed by atoms with Crippen molar-refractivity contribution in [1.82, 2.24) is 0 Å². The summed E-state index contributed by atoms with van der Waals surface area (Å²) in [5, 5.41) is 0. The summed E-state index contributed by atoms with van der Waals surface area (Å²) >= 11 is 1.76. The molecule has 1 aliphatic rings. The highest BCUT2D eigenvalue weighted by molar-refractivity contribution is 7.99. The van der Waals surface area contributed by atoms with Crippen molar-refractivity contribution in [2.75, 3.05) is 18.1 Å². The van der Waals surface area contributed by atoms with Gasteiger partial charge in [-0.1, -0.05) is 12.1 Å². The molecule has 0 aliphatic carbocycles. The van der Waals surface area contributed by atoms with Crippen LogP contribution in [-0.4, -0.2) is 36.1 Å². The van der Waals surface area contributed by atoms with Crippen LogP contribution in [-0.2, 0) is 4.74 Å². The minimum Gasteiger partial charge on any atom is -0.490 e. The van der Waals surface area contributed by atoms with Crippen molar-refractivity contribution in [1.29, 1.82) is 0 Å². The molecule has 1 atom stereocenters. The summed E-state index contributed by atoms with van der Waals surface area (Å²) in [6.07, 6.45) is -0.277. The van der Waals surface area contributed by atoms with E-state index in [1.165, 1.54) is 0 Å². The van der Waals surface area contributed by atoms with Crippen molar-refractivity contribution in [3.8, 4) is 5.75 Å². The van der Waals surface area contributed by atoms with E-state index in [2.05, 4.69) is 0 Å². The van der Waals surface area contributed by atoms with E-state index in [1.54, 1.807) is 11.8 Å². The highest BCUT2D eigenvalue weighted by atomic mass is 32.2. The first-order chi connectivity index (χ1) is 8.68. The second-order valence-corrected chi connectivity index (χ2v) is 5.61. The molecular weight excluding hydrogens is 248 g/mol. The van der Waals surface area contributed by atoms with Gasteiger partial charge in [-0.15, -0.1) is 0 Å². The molecule has 0 radical (unpaired) electrons. The minimum atomic E-state index is -0.333. The standard InChI is InChI=1S/C14H18O3S/c1-10(2)17-12-6-4-3-5-11(12)14(15)13-9-18-8-7-16-13/h3-6,10,13H,7-9H2,1-2H3. The summed E-state index contributed by atoms with van der Waals surface area (Å²) in [5.74, 6) is 2.37. The average molecular weight is 266 g/mol. The van der Waals surface area contributed by atoms with Gasteiger partial charge in [-0.3, -0.25) is 4.79 Å². The van der Waals surface area contributed by atoms with Crippen LogP contribution in [0.1, 0.15) is 24.2 Å². The SMILES string of the molecule is CC(C)Oc1ccccc1C(=O)C1CSCCO1. The molecule has 4 heteroatoms. The normalized spacial score (nSPS) is 19.8. The number of ketones is 1. The van der Waals surface area contributed by atoms with Gasteiger partial charge in [0.2, 0.25) is 0 Å². The lowest BCUT2D eigenvalue weighted by atomic mass is 10.1. The van der Waals surface area contributed by atoms with Crippen LogP contribution in [0.15, 0.2) is 24.3 Å². The summed E-state index contributed by atoms with van der Waals surface area (Å²) in [5.41, 5.74) is 0.624. The van der Waals surface area contributed by atoms with Gasteiger partial charge in [0, 0.05) is 11.5 Å². The number of carbonyl (C=O) groups is 1. The van der Waals surface area contributed by atoms with E-state index in [0.29, 0.717) is 17.9 Å². The van der Waals surface area contributed by atoms with Crippen molar-refractivity contribution in [2.45, 2.75) is 26.1 Å². The number of rotatable bonds is 4. The monoisotopic (exact) mass is 266 g/mol. The fourth-order valence-electron chi connectivity index (χ4n) is 1.84. The maximum absolute atomic E-state index is 12.4. The van der Waals surface area contributed by atoms with Crippen molar-refractivity contribution in [3.05, 3.63) is 29.8 Å². The number of benzene rings is 1. The highest BCUT2D eigenvalue weighted by Gasteiger charge is 2.26. The number of para-hydroxylation sites is 1. The lowest BCUT2D eigenvalue weighted by Crippen LogP contribution is -2.32. The highest BCUT2D eigenvalue weighted by Crippen LogP contribution is 2.24. The molecule has 1 heterocycles. The maximum Gasteiger partial charge on any atom is 0.196 e. The van der Waals surface area contributed by atoms with E-state index in [4.69, 9.17) is 9.47 Å². The van der Waals surface area contributed by atoms with Gasteiger partial charge in [-0.05, 0) is 26.0 Å². The van der Waals surface area contributed by atoms with Crippen LogP contribution in [0.5, 0.6) is 5.75 Å². The van der Waals surface area contributed by atoms with Crippen molar-refractivity contribution >= 4 is 17.5 Å². The smallest absolute Gasteiger partial charge is 0.196 e. The Morgan fingerprint density at radius 1 is 1.44 bits per heavy atom. The molecular formula is C14H18O3S. The van der Waals surface area contributed by atoms with Gasteiger partial charge < -0.3 is 9.47 Å². The molecule has 0 bridgehead atoms. The fraction of sp³-hybridized carbons (Fsp3) is 0.500. The van der Waals surface area contributed by atoms with Crippen LogP contribution in [0.4, 0.5) is 0 Å². The van der Waals surface area contributed by atoms with Crippen molar-refractivity contribution in [2.24, 2.45) is 0 Å². The van der Waals surface area contributed by atoms with E-state index >= 15 is 0 Å². The molecule has 0 aromatic heterocycles. The Morgan fingerprint density at radius 3 is 2.89 bits per heavy atom. The summed E-state index contributed by atoms with van der Waals surface area (Å²) < 4.78 is 11.2. The van der Waals surface area contributed by atoms with E-state index in [1.807, 2.05) is 38.1 Å². The van der Waals surface area contributed by atoms with Gasteiger partial charge in [0.05, 0.1) is 18.3 Å². The Morgan fingerprint density at radius 2 is 2.22 bits per heavy atom. The lowest BCUT2D eigenvalue weighted by Gasteiger charge is -2.22. The predicted molar refractivity (Wildman–Crippen MR) is 73.6 cm³/mol. The number of ether oxygens (including phenoxy) is 2. The fourth-order valence-corrected chi connectivity index (χ4v) is 2.68. The Kier molecular flexibility index (Phi) is 4.66. The van der Waals surface area contributed by atoms with Crippen molar-refractivity contribution < 1.29 is 14.3 Å². The van der Waals surface area contributed by atoms with E-state index in [0.717, 1.165) is 11.5 Å². The van der Waals surface area contributed by atoms with Gasteiger partial charge in [-0.2, -0.15) is 11.8 Å². The minimum absolute atomic E-state index is 0.0263. The van der Waals surface area contributed by atoms with Gasteiger partial charge >= 0.3 is 0 Å². The summed E-state index contributed by atoms with van der Waals surface area (Å²) in [6.45, 7) is 4.55. The lowest BCUT2D eigenvalue weighted by molar-refractivity contribution is 0.0514. The third-order valence-electron chi connectivity index (χ3n) is 2.62. The third kappa shape index (κ3) is 3.27. The van der Waals surface area contributed by atoms with Gasteiger partial charge in [0.15, 0.2) is 5.78 Å². The molecule has 0 amide bonds. The summed E-state index contributed by atoms with van der Waals surface area (Å²) in [7, 11) is 0. The molecule has 1 aromatic rings. The zero-order valence-electron chi connectivity index (χ0n) is 10.7. The summed E-state index contributed by atoms with van der Waals surface area (Å²) in [4.78, 5) is 12.4. The van der Waals surface area contributed by atoms with Crippen LogP contribution >= 0.6 is 11.8 Å². The van der Waals surface area contributed by atoms with Gasteiger partial charge in [-0.25, -0.2) is 0 Å². The molecule has 98 valence electrons. The molecule has 1 saturated heterocycles. The average Bonchev–Trinajstić information content (AvgIpc) is 2.39. The summed E-state index contributed by atoms with van der Waals surface area (Å²) in [6, 6.07) is 7.38. The van der Waals surface area contributed by atoms with Crippen LogP contribution in [0.25, 0.3) is 0 Å². The van der Waals surface area contributed by atoms with Crippen LogP contribution in [0.2, 0.25) is 0 Å². The first kappa shape index (κ1) is 13.4. The number of carbonyl (C=O) groups excluding carboxylic acids is 1. The molecule has 0 saturated carbocycles. The zero-order valence-corrected chi connectivity index (χ0v) is 11.5. The molecule has 0 spiro atoms. The first-order valence-electron chi connectivity index (χ1n) is 6.17. The number of thioether (sulfide) groups is 1. The van der Waals surface area contributed by atoms with Crippen LogP contribution in [0, 0.1) is 0 Å². The Labute approximate surface area is 112 Å². The molecule has 2 rings (SSSR count). The van der Waals surface area contributed by atoms with E-state index < -0.39 is 0 Å². The van der Waals surface area contributed by atoms with E-state index in [-0.39, 0.29) is 18.0 Å². The number of Topliss-reactive ketones (excluding diaryl/α,β-unsaturated/α-hetero) is 1. The number of hydrogen-bond acceptors (Lipinski definition) is 4. The second-order valence-electron chi connectivity index (χ2n) is 4.46. The van der Waals surface area contributed by atoms with Crippen LogP contribution in [0.3, 0.4) is 0 Å². The first-order valence-corrected chi connectivity index (χ1v) is 7.33. The van der Waals surface area contributed by atoms with Crippen LogP contribution < -0.4 is 4.74 Å². The largest absolute Gasteiger partial charge is 0.490 e. The second kappa shape index (κ2) is 6.25. The van der Waals surface area contributed by atoms with E-state index in [9.17, 15) is 4.79 Å². The van der Waals surface area contributed by atoms with Gasteiger partial charge in [0.25, 0.3) is 0 Å². The number of hydrogen-bond donors (Lipinski definition) is 0. The maximum atomic E-state index is 12.4. The molecule has 3 nitrogen and oxygen atoms in total. The zero-order chi connectivity index (χ0) is 13.0. The molecule has 18 heavy (non-hydrogen) atoms. The molecule has 0 N–H and O–H groups in total.